The molecular weight excluding hydrogens is 330 g/mol. The molecule has 0 atom stereocenters. The predicted octanol–water partition coefficient (Wildman–Crippen LogP) is 2.33. The smallest absolute Gasteiger partial charge is 0.385 e. The lowest BCUT2D eigenvalue weighted by Gasteiger charge is -2.05. The predicted molar refractivity (Wildman–Crippen MR) is 77.0 cm³/mol. The summed E-state index contributed by atoms with van der Waals surface area (Å²) in [5, 5.41) is 16.9. The lowest BCUT2D eigenvalue weighted by atomic mass is 10.3. The summed E-state index contributed by atoms with van der Waals surface area (Å²) in [7, 11) is -7.95. The van der Waals surface area contributed by atoms with Gasteiger partial charge in [0.1, 0.15) is 25.8 Å². The van der Waals surface area contributed by atoms with Crippen molar-refractivity contribution in [2.24, 2.45) is 0 Å². The van der Waals surface area contributed by atoms with E-state index in [1.165, 1.54) is 48.5 Å². The normalized spacial score (nSPS) is 16.7. The molecule has 0 spiro atoms. The number of hydrogen-bond acceptors (Lipinski definition) is 6. The fraction of sp³-hybridized carbons (Fsp3) is 0. The molecule has 1 aliphatic heterocycles. The molecule has 3 rings (SSSR count). The van der Waals surface area contributed by atoms with Crippen LogP contribution in [0.3, 0.4) is 0 Å². The largest absolute Gasteiger partial charge is 0.508 e. The molecule has 0 aliphatic carbocycles. The Hall–Kier alpha value is -2.48. The Kier molecular flexibility index (Phi) is 4.14. The minimum absolute atomic E-state index is 0.169. The maximum atomic E-state index is 11.1. The van der Waals surface area contributed by atoms with E-state index in [-0.39, 0.29) is 15.5 Å². The van der Waals surface area contributed by atoms with Crippen LogP contribution >= 0.6 is 0 Å². The number of hydrogen-bond donors (Lipinski definition) is 1. The Labute approximate surface area is 126 Å². The van der Waals surface area contributed by atoms with Gasteiger partial charge in [-0.1, -0.05) is 12.1 Å². The molecule has 0 radical (unpaired) electrons. The highest BCUT2D eigenvalue weighted by Gasteiger charge is 2.26. The zero-order chi connectivity index (χ0) is 16.4. The number of phenols is 1. The highest BCUT2D eigenvalue weighted by atomic mass is 32.3. The third-order valence-electron chi connectivity index (χ3n) is 2.57. The first kappa shape index (κ1) is 15.9. The maximum Gasteiger partial charge on any atom is 0.385 e. The molecule has 0 bridgehead atoms. The van der Waals surface area contributed by atoms with Gasteiger partial charge in [-0.2, -0.15) is 0 Å². The Morgan fingerprint density at radius 3 is 1.73 bits per heavy atom. The molecule has 1 aliphatic rings. The molecule has 1 N–H and O–H groups in total. The van der Waals surface area contributed by atoms with Crippen LogP contribution in [-0.2, 0) is 20.0 Å². The first-order valence-electron chi connectivity index (χ1n) is 5.74. The molecule has 0 unspecified atom stereocenters. The van der Waals surface area contributed by atoms with E-state index >= 15 is 0 Å². The van der Waals surface area contributed by atoms with E-state index in [4.69, 9.17) is 10.5 Å². The number of fused-ring (bicyclic) bond motifs is 1. The molecule has 10 heteroatoms. The minimum atomic E-state index is -3.98. The van der Waals surface area contributed by atoms with Gasteiger partial charge in [-0.3, -0.25) is 0 Å². The number of rotatable bonds is 0. The van der Waals surface area contributed by atoms with Crippen molar-refractivity contribution in [2.45, 2.75) is 9.79 Å². The lowest BCUT2D eigenvalue weighted by molar-refractivity contribution is 0.475. The van der Waals surface area contributed by atoms with Gasteiger partial charge in [-0.15, -0.1) is 0 Å². The molecular formula is C12H9N3O5S2. The standard InChI is InChI=1S/C6H4N2O.C6H4NO4S2/c7-8-5-1-3-6(9)4-2-5;8-12(9)5-3-1-2-4-6(5)13(10,11)7-12/h1-4H;1-4H/q;-1/p+1. The van der Waals surface area contributed by atoms with Crippen LogP contribution < -0.4 is 0 Å². The summed E-state index contributed by atoms with van der Waals surface area (Å²) in [4.78, 5) is 2.42. The number of nitrogens with zero attached hydrogens (tertiary/aromatic N) is 3. The van der Waals surface area contributed by atoms with Gasteiger partial charge in [0, 0.05) is 12.1 Å². The quantitative estimate of drug-likeness (QED) is 0.733. The van der Waals surface area contributed by atoms with Crippen molar-refractivity contribution in [1.82, 2.24) is 0 Å². The van der Waals surface area contributed by atoms with Crippen molar-refractivity contribution >= 4 is 25.7 Å². The average molecular weight is 339 g/mol. The molecule has 0 fully saturated rings. The van der Waals surface area contributed by atoms with Crippen LogP contribution in [0.4, 0.5) is 5.69 Å². The molecule has 114 valence electrons. The van der Waals surface area contributed by atoms with E-state index < -0.39 is 20.0 Å². The summed E-state index contributed by atoms with van der Waals surface area (Å²) < 4.78 is 47.3. The number of benzene rings is 2. The van der Waals surface area contributed by atoms with Crippen molar-refractivity contribution in [2.75, 3.05) is 0 Å². The van der Waals surface area contributed by atoms with Gasteiger partial charge in [-0.05, 0) is 24.3 Å². The highest BCUT2D eigenvalue weighted by molar-refractivity contribution is 8.14. The first-order chi connectivity index (χ1) is 10.3. The van der Waals surface area contributed by atoms with Gasteiger partial charge in [0.2, 0.25) is 5.39 Å². The summed E-state index contributed by atoms with van der Waals surface area (Å²) in [5.74, 6) is 0.169. The summed E-state index contributed by atoms with van der Waals surface area (Å²) in [6.07, 6.45) is 0. The van der Waals surface area contributed by atoms with E-state index in [9.17, 15) is 16.8 Å². The van der Waals surface area contributed by atoms with Crippen molar-refractivity contribution in [3.8, 4) is 5.75 Å². The zero-order valence-electron chi connectivity index (χ0n) is 10.9. The molecule has 1 heterocycles. The Bertz CT molecular complexity index is 894. The first-order valence-corrected chi connectivity index (χ1v) is 8.62. The third kappa shape index (κ3) is 3.22. The molecule has 22 heavy (non-hydrogen) atoms. The average Bonchev–Trinajstić information content (AvgIpc) is 2.66. The number of aromatic hydroxyl groups is 1. The van der Waals surface area contributed by atoms with Crippen molar-refractivity contribution in [1.29, 1.82) is 5.39 Å². The van der Waals surface area contributed by atoms with Crippen LogP contribution in [0.2, 0.25) is 0 Å². The Morgan fingerprint density at radius 2 is 1.32 bits per heavy atom. The van der Waals surface area contributed by atoms with Crippen LogP contribution in [0, 0.1) is 5.39 Å². The van der Waals surface area contributed by atoms with Gasteiger partial charge in [0.15, 0.2) is 4.98 Å². The summed E-state index contributed by atoms with van der Waals surface area (Å²) in [5.41, 5.74) is 0.438. The van der Waals surface area contributed by atoms with Gasteiger partial charge in [0.25, 0.3) is 0 Å². The molecule has 2 aromatic rings. The number of diazo groups is 1. The van der Waals surface area contributed by atoms with Crippen molar-refractivity contribution < 1.29 is 21.9 Å². The minimum Gasteiger partial charge on any atom is -0.508 e. The monoisotopic (exact) mass is 339 g/mol. The summed E-state index contributed by atoms with van der Waals surface area (Å²) in [6.45, 7) is 0. The van der Waals surface area contributed by atoms with Gasteiger partial charge in [-0.25, -0.2) is 16.8 Å². The van der Waals surface area contributed by atoms with Crippen molar-refractivity contribution in [3.63, 3.8) is 0 Å². The van der Waals surface area contributed by atoms with E-state index in [1.54, 1.807) is 0 Å². The second-order valence-electron chi connectivity index (χ2n) is 4.09. The van der Waals surface area contributed by atoms with Gasteiger partial charge < -0.3 is 9.23 Å². The number of sulfonamides is 2. The topological polar surface area (TPSA) is 131 Å². The van der Waals surface area contributed by atoms with Gasteiger partial charge in [0.05, 0.1) is 9.79 Å². The second kappa shape index (κ2) is 5.72. The van der Waals surface area contributed by atoms with E-state index in [0.29, 0.717) is 5.69 Å². The van der Waals surface area contributed by atoms with Crippen LogP contribution in [0.5, 0.6) is 5.75 Å². The van der Waals surface area contributed by atoms with Gasteiger partial charge >= 0.3 is 5.69 Å². The zero-order valence-corrected chi connectivity index (χ0v) is 12.5. The molecule has 0 saturated carbocycles. The lowest BCUT2D eigenvalue weighted by Crippen LogP contribution is -1.92. The third-order valence-corrected chi connectivity index (χ3v) is 6.09. The Morgan fingerprint density at radius 1 is 0.864 bits per heavy atom. The van der Waals surface area contributed by atoms with Crippen LogP contribution in [-0.4, -0.2) is 21.9 Å². The number of phenolic OH excluding ortho intramolecular Hbond substituents is 1. The van der Waals surface area contributed by atoms with Crippen LogP contribution in [0.1, 0.15) is 0 Å². The molecule has 0 aromatic heterocycles. The van der Waals surface area contributed by atoms with E-state index in [0.717, 1.165) is 0 Å². The fourth-order valence-corrected chi connectivity index (χ4v) is 5.06. The summed E-state index contributed by atoms with van der Waals surface area (Å²) in [6, 6.07) is 11.3. The van der Waals surface area contributed by atoms with E-state index in [1.807, 2.05) is 0 Å². The van der Waals surface area contributed by atoms with Crippen LogP contribution in [0.25, 0.3) is 9.10 Å². The molecule has 0 saturated heterocycles. The molecule has 2 aromatic carbocycles. The highest BCUT2D eigenvalue weighted by Crippen LogP contribution is 2.37. The molecule has 0 amide bonds. The van der Waals surface area contributed by atoms with Crippen LogP contribution in [0.15, 0.2) is 58.3 Å². The Balaban J connectivity index is 0.000000172. The second-order valence-corrected chi connectivity index (χ2v) is 7.46. The van der Waals surface area contributed by atoms with E-state index in [2.05, 4.69) is 9.10 Å². The fourth-order valence-electron chi connectivity index (χ4n) is 1.61. The summed E-state index contributed by atoms with van der Waals surface area (Å²) >= 11 is 0. The molecule has 8 nitrogen and oxygen atoms in total. The van der Waals surface area contributed by atoms with Crippen molar-refractivity contribution in [3.05, 3.63) is 57.6 Å². The SMILES string of the molecule is N#[N+]c1ccc(O)cc1.O=S1(=O)[N-]S(=O)(=O)c2ccccc21. The maximum absolute atomic E-state index is 11.1.